The van der Waals surface area contributed by atoms with Crippen LogP contribution in [-0.4, -0.2) is 10.9 Å². The van der Waals surface area contributed by atoms with E-state index in [1.807, 2.05) is 12.8 Å². The van der Waals surface area contributed by atoms with Gasteiger partial charge < -0.3 is 0 Å². The van der Waals surface area contributed by atoms with Crippen LogP contribution in [0, 0.1) is 19.3 Å². The molecule has 0 aliphatic rings. The molecular formula is C9H7BrN2O. The Hall–Kier alpha value is -1.34. The van der Waals surface area contributed by atoms with Gasteiger partial charge in [-0.25, -0.2) is 4.98 Å². The molecule has 1 heterocycles. The predicted molar refractivity (Wildman–Crippen MR) is 54.1 cm³/mol. The molecule has 66 valence electrons. The van der Waals surface area contributed by atoms with E-state index in [-0.39, 0.29) is 0 Å². The number of terminal acetylenes is 1. The van der Waals surface area contributed by atoms with Gasteiger partial charge in [0.25, 0.3) is 0 Å². The van der Waals surface area contributed by atoms with Gasteiger partial charge in [0.15, 0.2) is 0 Å². The molecule has 1 amide bonds. The first-order valence-corrected chi connectivity index (χ1v) is 4.33. The van der Waals surface area contributed by atoms with E-state index < -0.39 is 5.91 Å². The first kappa shape index (κ1) is 9.75. The van der Waals surface area contributed by atoms with Gasteiger partial charge in [0.1, 0.15) is 5.82 Å². The number of anilines is 1. The van der Waals surface area contributed by atoms with Gasteiger partial charge in [-0.15, -0.1) is 6.42 Å². The van der Waals surface area contributed by atoms with Gasteiger partial charge in [0, 0.05) is 4.47 Å². The van der Waals surface area contributed by atoms with Crippen molar-refractivity contribution in [2.45, 2.75) is 6.92 Å². The quantitative estimate of drug-likeness (QED) is 0.758. The molecule has 0 fully saturated rings. The van der Waals surface area contributed by atoms with Crippen LogP contribution in [0.5, 0.6) is 0 Å². The maximum absolute atomic E-state index is 10.8. The number of hydrogen-bond acceptors (Lipinski definition) is 2. The molecular weight excluding hydrogens is 232 g/mol. The lowest BCUT2D eigenvalue weighted by Gasteiger charge is -2.02. The van der Waals surface area contributed by atoms with E-state index in [0.717, 1.165) is 10.2 Å². The summed E-state index contributed by atoms with van der Waals surface area (Å²) >= 11 is 3.30. The van der Waals surface area contributed by atoms with E-state index in [9.17, 15) is 4.79 Å². The molecule has 0 bridgehead atoms. The molecule has 0 aliphatic carbocycles. The molecule has 0 aliphatic heterocycles. The molecule has 0 spiro atoms. The minimum atomic E-state index is -0.491. The van der Waals surface area contributed by atoms with Crippen LogP contribution >= 0.6 is 15.9 Å². The maximum Gasteiger partial charge on any atom is 0.301 e. The number of halogens is 1. The lowest BCUT2D eigenvalue weighted by molar-refractivity contribution is -0.111. The van der Waals surface area contributed by atoms with Crippen molar-refractivity contribution in [3.8, 4) is 12.3 Å². The third kappa shape index (κ3) is 2.56. The van der Waals surface area contributed by atoms with Gasteiger partial charge in [-0.1, -0.05) is 0 Å². The van der Waals surface area contributed by atoms with Crippen molar-refractivity contribution in [2.24, 2.45) is 0 Å². The number of carbonyl (C=O) groups is 1. The highest BCUT2D eigenvalue weighted by Gasteiger charge is 2.00. The summed E-state index contributed by atoms with van der Waals surface area (Å²) in [4.78, 5) is 14.9. The number of aryl methyl sites for hydroxylation is 1. The second-order valence-corrected chi connectivity index (χ2v) is 3.22. The molecule has 13 heavy (non-hydrogen) atoms. The third-order valence-electron chi connectivity index (χ3n) is 1.39. The summed E-state index contributed by atoms with van der Waals surface area (Å²) in [7, 11) is 0. The first-order chi connectivity index (χ1) is 6.13. The van der Waals surface area contributed by atoms with Crippen LogP contribution in [0.3, 0.4) is 0 Å². The van der Waals surface area contributed by atoms with Gasteiger partial charge in [0.2, 0.25) is 0 Å². The molecule has 4 heteroatoms. The number of rotatable bonds is 1. The Morgan fingerprint density at radius 1 is 1.69 bits per heavy atom. The highest BCUT2D eigenvalue weighted by Crippen LogP contribution is 2.15. The fourth-order valence-corrected chi connectivity index (χ4v) is 0.987. The van der Waals surface area contributed by atoms with Crippen LogP contribution in [0.25, 0.3) is 0 Å². The SMILES string of the molecule is C#CC(=O)Nc1ccc(Br)c(C)n1. The second kappa shape index (κ2) is 4.06. The molecule has 1 aromatic heterocycles. The number of aromatic nitrogens is 1. The van der Waals surface area contributed by atoms with Crippen molar-refractivity contribution in [2.75, 3.05) is 5.32 Å². The fourth-order valence-electron chi connectivity index (χ4n) is 0.766. The fraction of sp³-hybridized carbons (Fsp3) is 0.111. The lowest BCUT2D eigenvalue weighted by atomic mass is 10.4. The standard InChI is InChI=1S/C9H7BrN2O/c1-3-9(13)12-8-5-4-7(10)6(2)11-8/h1,4-5H,2H3,(H,11,12,13). The van der Waals surface area contributed by atoms with Gasteiger partial charge in [0.05, 0.1) is 5.69 Å². The first-order valence-electron chi connectivity index (χ1n) is 3.54. The molecule has 1 rings (SSSR count). The summed E-state index contributed by atoms with van der Waals surface area (Å²) in [6, 6.07) is 3.47. The smallest absolute Gasteiger partial charge is 0.300 e. The summed E-state index contributed by atoms with van der Waals surface area (Å²) in [5.74, 6) is 1.92. The Morgan fingerprint density at radius 3 is 2.92 bits per heavy atom. The van der Waals surface area contributed by atoms with Crippen molar-refractivity contribution in [1.29, 1.82) is 0 Å². The average molecular weight is 239 g/mol. The minimum Gasteiger partial charge on any atom is -0.300 e. The number of amides is 1. The van der Waals surface area contributed by atoms with E-state index in [1.165, 1.54) is 0 Å². The Bertz CT molecular complexity index is 382. The average Bonchev–Trinajstić information content (AvgIpc) is 2.11. The zero-order valence-electron chi connectivity index (χ0n) is 6.97. The summed E-state index contributed by atoms with van der Waals surface area (Å²) in [5.41, 5.74) is 0.801. The lowest BCUT2D eigenvalue weighted by Crippen LogP contribution is -2.09. The van der Waals surface area contributed by atoms with Crippen LogP contribution in [0.4, 0.5) is 5.82 Å². The molecule has 0 saturated heterocycles. The molecule has 0 saturated carbocycles. The van der Waals surface area contributed by atoms with E-state index >= 15 is 0 Å². The number of carbonyl (C=O) groups excluding carboxylic acids is 1. The van der Waals surface area contributed by atoms with Crippen molar-refractivity contribution in [3.05, 3.63) is 22.3 Å². The van der Waals surface area contributed by atoms with Crippen molar-refractivity contribution >= 4 is 27.7 Å². The van der Waals surface area contributed by atoms with Crippen LogP contribution in [-0.2, 0) is 4.79 Å². The largest absolute Gasteiger partial charge is 0.301 e. The molecule has 0 atom stereocenters. The molecule has 1 aromatic rings. The number of pyridine rings is 1. The van der Waals surface area contributed by atoms with Crippen LogP contribution in [0.15, 0.2) is 16.6 Å². The number of nitrogens with one attached hydrogen (secondary N) is 1. The molecule has 0 unspecified atom stereocenters. The maximum atomic E-state index is 10.8. The van der Waals surface area contributed by atoms with Crippen molar-refractivity contribution < 1.29 is 4.79 Å². The summed E-state index contributed by atoms with van der Waals surface area (Å²) in [6.45, 7) is 1.83. The van der Waals surface area contributed by atoms with E-state index in [2.05, 4.69) is 26.2 Å². The predicted octanol–water partition coefficient (Wildman–Crippen LogP) is 1.72. The van der Waals surface area contributed by atoms with Crippen molar-refractivity contribution in [3.63, 3.8) is 0 Å². The van der Waals surface area contributed by atoms with Gasteiger partial charge in [-0.2, -0.15) is 0 Å². The van der Waals surface area contributed by atoms with Gasteiger partial charge in [-0.3, -0.25) is 10.1 Å². The third-order valence-corrected chi connectivity index (χ3v) is 2.23. The summed E-state index contributed by atoms with van der Waals surface area (Å²) < 4.78 is 0.895. The van der Waals surface area contributed by atoms with Crippen LogP contribution in [0.2, 0.25) is 0 Å². The molecule has 0 aromatic carbocycles. The zero-order valence-corrected chi connectivity index (χ0v) is 8.55. The normalized spacial score (nSPS) is 9.00. The molecule has 3 nitrogen and oxygen atoms in total. The monoisotopic (exact) mass is 238 g/mol. The molecule has 1 N–H and O–H groups in total. The summed E-state index contributed by atoms with van der Waals surface area (Å²) in [6.07, 6.45) is 4.89. The minimum absolute atomic E-state index is 0.462. The number of nitrogens with zero attached hydrogens (tertiary/aromatic N) is 1. The van der Waals surface area contributed by atoms with Gasteiger partial charge in [-0.05, 0) is 40.9 Å². The number of hydrogen-bond donors (Lipinski definition) is 1. The van der Waals surface area contributed by atoms with E-state index in [0.29, 0.717) is 5.82 Å². The Labute approximate surface area is 84.7 Å². The van der Waals surface area contributed by atoms with Crippen LogP contribution < -0.4 is 5.32 Å². The Kier molecular flexibility index (Phi) is 3.04. The molecule has 0 radical (unpaired) electrons. The Morgan fingerprint density at radius 2 is 2.38 bits per heavy atom. The second-order valence-electron chi connectivity index (χ2n) is 2.36. The Balaban J connectivity index is 2.87. The summed E-state index contributed by atoms with van der Waals surface area (Å²) in [5, 5.41) is 2.45. The van der Waals surface area contributed by atoms with E-state index in [1.54, 1.807) is 12.1 Å². The zero-order chi connectivity index (χ0) is 9.84. The van der Waals surface area contributed by atoms with Crippen molar-refractivity contribution in [1.82, 2.24) is 4.98 Å². The topological polar surface area (TPSA) is 42.0 Å². The van der Waals surface area contributed by atoms with E-state index in [4.69, 9.17) is 6.42 Å². The highest BCUT2D eigenvalue weighted by atomic mass is 79.9. The van der Waals surface area contributed by atoms with Gasteiger partial charge >= 0.3 is 5.91 Å². The van der Waals surface area contributed by atoms with Crippen LogP contribution in [0.1, 0.15) is 5.69 Å². The highest BCUT2D eigenvalue weighted by molar-refractivity contribution is 9.10.